The number of ether oxygens (including phenoxy) is 1. The lowest BCUT2D eigenvalue weighted by atomic mass is 9.93. The Morgan fingerprint density at radius 2 is 2.18 bits per heavy atom. The molecule has 0 aliphatic carbocycles. The molecule has 1 aliphatic heterocycles. The zero-order valence-corrected chi connectivity index (χ0v) is 11.0. The number of oxime groups is 1. The Kier molecular flexibility index (Phi) is 4.37. The van der Waals surface area contributed by atoms with Crippen molar-refractivity contribution < 1.29 is 14.7 Å². The molecule has 0 saturated carbocycles. The minimum atomic E-state index is -0.499. The molecule has 0 aromatic rings. The number of carbonyl (C=O) groups is 1. The summed E-state index contributed by atoms with van der Waals surface area (Å²) in [5.74, 6) is 0.525. The zero-order valence-electron chi connectivity index (χ0n) is 11.0. The number of amides is 1. The van der Waals surface area contributed by atoms with Crippen molar-refractivity contribution in [3.63, 3.8) is 0 Å². The van der Waals surface area contributed by atoms with Crippen molar-refractivity contribution in [2.45, 2.75) is 52.2 Å². The average Bonchev–Trinajstić information content (AvgIpc) is 2.15. The number of hydrogen-bond donors (Lipinski definition) is 1. The summed E-state index contributed by atoms with van der Waals surface area (Å²) in [6.45, 7) is 8.29. The molecular weight excluding hydrogens is 220 g/mol. The Labute approximate surface area is 102 Å². The Hall–Kier alpha value is -1.26. The van der Waals surface area contributed by atoms with Gasteiger partial charge < -0.3 is 14.8 Å². The molecule has 1 rings (SSSR count). The molecule has 5 nitrogen and oxygen atoms in total. The number of carbonyl (C=O) groups excluding carboxylic acids is 1. The number of hydrogen-bond acceptors (Lipinski definition) is 4. The van der Waals surface area contributed by atoms with E-state index in [-0.39, 0.29) is 12.1 Å². The summed E-state index contributed by atoms with van der Waals surface area (Å²) in [5, 5.41) is 11.7. The highest BCUT2D eigenvalue weighted by Crippen LogP contribution is 2.23. The van der Waals surface area contributed by atoms with E-state index in [4.69, 9.17) is 9.94 Å². The summed E-state index contributed by atoms with van der Waals surface area (Å²) >= 11 is 0. The van der Waals surface area contributed by atoms with Crippen LogP contribution in [0.2, 0.25) is 0 Å². The summed E-state index contributed by atoms with van der Waals surface area (Å²) < 4.78 is 5.33. The third-order valence-electron chi connectivity index (χ3n) is 2.77. The fourth-order valence-electron chi connectivity index (χ4n) is 1.95. The summed E-state index contributed by atoms with van der Waals surface area (Å²) in [5.41, 5.74) is -0.499. The van der Waals surface area contributed by atoms with Crippen LogP contribution in [0.1, 0.15) is 40.5 Å². The average molecular weight is 242 g/mol. The normalized spacial score (nSPS) is 26.2. The van der Waals surface area contributed by atoms with E-state index in [1.807, 2.05) is 20.8 Å². The van der Waals surface area contributed by atoms with Gasteiger partial charge >= 0.3 is 6.09 Å². The molecule has 1 heterocycles. The van der Waals surface area contributed by atoms with Crippen molar-refractivity contribution in [1.82, 2.24) is 4.90 Å². The van der Waals surface area contributed by atoms with Crippen molar-refractivity contribution in [2.24, 2.45) is 11.1 Å². The molecule has 0 radical (unpaired) electrons. The predicted octanol–water partition coefficient (Wildman–Crippen LogP) is 2.48. The first-order valence-electron chi connectivity index (χ1n) is 6.00. The highest BCUT2D eigenvalue weighted by Gasteiger charge is 2.32. The molecule has 0 spiro atoms. The highest BCUT2D eigenvalue weighted by molar-refractivity contribution is 5.75. The van der Waals surface area contributed by atoms with Gasteiger partial charge in [-0.05, 0) is 39.5 Å². The lowest BCUT2D eigenvalue weighted by molar-refractivity contribution is 0.0137. The topological polar surface area (TPSA) is 62.1 Å². The maximum atomic E-state index is 12.0. The number of piperidine rings is 1. The third kappa shape index (κ3) is 4.24. The molecule has 1 aliphatic rings. The molecule has 17 heavy (non-hydrogen) atoms. The summed E-state index contributed by atoms with van der Waals surface area (Å²) in [7, 11) is 0. The molecular formula is C12H22N2O3. The lowest BCUT2D eigenvalue weighted by Gasteiger charge is -2.37. The second-order valence-electron chi connectivity index (χ2n) is 5.64. The number of likely N-dealkylation sites (tertiary alicyclic amines) is 1. The fourth-order valence-corrected chi connectivity index (χ4v) is 1.95. The van der Waals surface area contributed by atoms with Gasteiger partial charge in [-0.2, -0.15) is 0 Å². The second kappa shape index (κ2) is 5.38. The molecule has 0 unspecified atom stereocenters. The predicted molar refractivity (Wildman–Crippen MR) is 65.4 cm³/mol. The van der Waals surface area contributed by atoms with Crippen LogP contribution in [0.3, 0.4) is 0 Å². The van der Waals surface area contributed by atoms with E-state index in [1.54, 1.807) is 4.90 Å². The van der Waals surface area contributed by atoms with Crippen LogP contribution in [-0.2, 0) is 4.74 Å². The van der Waals surface area contributed by atoms with Gasteiger partial charge in [0.1, 0.15) is 5.60 Å². The van der Waals surface area contributed by atoms with Crippen LogP contribution < -0.4 is 0 Å². The monoisotopic (exact) mass is 242 g/mol. The molecule has 0 bridgehead atoms. The third-order valence-corrected chi connectivity index (χ3v) is 2.77. The molecule has 1 amide bonds. The molecule has 1 fully saturated rings. The summed E-state index contributed by atoms with van der Waals surface area (Å²) in [6.07, 6.45) is 2.83. The Bertz CT molecular complexity index is 297. The minimum Gasteiger partial charge on any atom is -0.444 e. The maximum absolute atomic E-state index is 12.0. The molecule has 5 heteroatoms. The van der Waals surface area contributed by atoms with Crippen molar-refractivity contribution in [3.8, 4) is 0 Å². The largest absolute Gasteiger partial charge is 0.444 e. The van der Waals surface area contributed by atoms with Gasteiger partial charge in [0.25, 0.3) is 0 Å². The van der Waals surface area contributed by atoms with E-state index in [0.29, 0.717) is 12.5 Å². The first-order chi connectivity index (χ1) is 7.83. The van der Waals surface area contributed by atoms with E-state index in [1.165, 1.54) is 6.21 Å². The van der Waals surface area contributed by atoms with Gasteiger partial charge in [0.05, 0.1) is 12.3 Å². The summed E-state index contributed by atoms with van der Waals surface area (Å²) in [6, 6.07) is -0.168. The molecule has 98 valence electrons. The number of nitrogens with zero attached hydrogens (tertiary/aromatic N) is 2. The molecule has 0 aromatic heterocycles. The van der Waals surface area contributed by atoms with Gasteiger partial charge in [-0.3, -0.25) is 0 Å². The van der Waals surface area contributed by atoms with Crippen molar-refractivity contribution in [1.29, 1.82) is 0 Å². The van der Waals surface area contributed by atoms with Crippen LogP contribution in [-0.4, -0.2) is 40.6 Å². The lowest BCUT2D eigenvalue weighted by Crippen LogP contribution is -2.48. The fraction of sp³-hybridized carbons (Fsp3) is 0.833. The Balaban J connectivity index is 2.69. The standard InChI is InChI=1S/C12H22N2O3/c1-9-5-6-14(10(7-9)8-13-16)11(15)17-12(2,3)4/h8-10,16H,5-7H2,1-4H3/t9-,10-/m1/s1. The van der Waals surface area contributed by atoms with Crippen LogP contribution in [0.4, 0.5) is 4.79 Å². The van der Waals surface area contributed by atoms with Gasteiger partial charge in [0, 0.05) is 6.54 Å². The van der Waals surface area contributed by atoms with Crippen LogP contribution in [0.25, 0.3) is 0 Å². The SMILES string of the molecule is C[C@@H]1CCN(C(=O)OC(C)(C)C)[C@@H](C=NO)C1. The first kappa shape index (κ1) is 13.8. The number of rotatable bonds is 1. The Morgan fingerprint density at radius 3 is 2.71 bits per heavy atom. The van der Waals surface area contributed by atoms with Gasteiger partial charge in [-0.15, -0.1) is 0 Å². The molecule has 1 N–H and O–H groups in total. The van der Waals surface area contributed by atoms with E-state index < -0.39 is 5.60 Å². The highest BCUT2D eigenvalue weighted by atomic mass is 16.6. The molecule has 1 saturated heterocycles. The molecule has 0 aromatic carbocycles. The minimum absolute atomic E-state index is 0.168. The van der Waals surface area contributed by atoms with Crippen molar-refractivity contribution >= 4 is 12.3 Å². The van der Waals surface area contributed by atoms with E-state index >= 15 is 0 Å². The van der Waals surface area contributed by atoms with Crippen LogP contribution >= 0.6 is 0 Å². The van der Waals surface area contributed by atoms with Crippen LogP contribution in [0, 0.1) is 5.92 Å². The summed E-state index contributed by atoms with van der Waals surface area (Å²) in [4.78, 5) is 13.6. The maximum Gasteiger partial charge on any atom is 0.410 e. The van der Waals surface area contributed by atoms with Gasteiger partial charge in [0.2, 0.25) is 0 Å². The first-order valence-corrected chi connectivity index (χ1v) is 6.00. The van der Waals surface area contributed by atoms with Crippen molar-refractivity contribution in [2.75, 3.05) is 6.54 Å². The van der Waals surface area contributed by atoms with Crippen LogP contribution in [0.15, 0.2) is 5.16 Å². The molecule has 2 atom stereocenters. The van der Waals surface area contributed by atoms with Gasteiger partial charge in [-0.25, -0.2) is 4.79 Å². The quantitative estimate of drug-likeness (QED) is 0.436. The van der Waals surface area contributed by atoms with E-state index in [2.05, 4.69) is 12.1 Å². The smallest absolute Gasteiger partial charge is 0.410 e. The van der Waals surface area contributed by atoms with Crippen LogP contribution in [0.5, 0.6) is 0 Å². The van der Waals surface area contributed by atoms with Gasteiger partial charge in [0.15, 0.2) is 0 Å². The Morgan fingerprint density at radius 1 is 1.53 bits per heavy atom. The van der Waals surface area contributed by atoms with E-state index in [9.17, 15) is 4.79 Å². The van der Waals surface area contributed by atoms with Gasteiger partial charge in [-0.1, -0.05) is 12.1 Å². The van der Waals surface area contributed by atoms with Crippen molar-refractivity contribution in [3.05, 3.63) is 0 Å². The zero-order chi connectivity index (χ0) is 13.1. The second-order valence-corrected chi connectivity index (χ2v) is 5.64. The van der Waals surface area contributed by atoms with E-state index in [0.717, 1.165) is 12.8 Å².